The van der Waals surface area contributed by atoms with Crippen LogP contribution in [0.3, 0.4) is 0 Å². The van der Waals surface area contributed by atoms with Crippen LogP contribution in [-0.4, -0.2) is 14.5 Å². The first kappa shape index (κ1) is 31.3. The molecule has 0 atom stereocenters. The summed E-state index contributed by atoms with van der Waals surface area (Å²) in [6.45, 7) is 15.5. The standard InChI is InChI=1S/C46H41N3O2/c1-26(2)34-22-30(28-14-9-8-10-15-28)23-35(27(3)4)41(34)49-39-19-12-11-18-37(39)47-44(49)33-17-13-16-31-32-21-20-29-24-40-38(48-45(50-40)46(5,6)7)25-36(29)43(32)51-42(31)33/h8-27H,1-7H3. The lowest BCUT2D eigenvalue weighted by Crippen LogP contribution is -2.10. The monoisotopic (exact) mass is 667 g/mol. The Balaban J connectivity index is 1.33. The van der Waals surface area contributed by atoms with Crippen molar-refractivity contribution < 1.29 is 8.83 Å². The summed E-state index contributed by atoms with van der Waals surface area (Å²) in [5, 5.41) is 4.20. The lowest BCUT2D eigenvalue weighted by Gasteiger charge is -2.24. The fourth-order valence-electron chi connectivity index (χ4n) is 7.55. The van der Waals surface area contributed by atoms with E-state index in [0.29, 0.717) is 0 Å². The molecule has 5 nitrogen and oxygen atoms in total. The highest BCUT2D eigenvalue weighted by molar-refractivity contribution is 6.18. The van der Waals surface area contributed by atoms with Crippen molar-refractivity contribution in [3.8, 4) is 28.2 Å². The van der Waals surface area contributed by atoms with Crippen molar-refractivity contribution in [1.29, 1.82) is 0 Å². The molecule has 0 aliphatic heterocycles. The molecule has 0 fully saturated rings. The number of fused-ring (bicyclic) bond motifs is 7. The van der Waals surface area contributed by atoms with Crippen LogP contribution in [0.5, 0.6) is 0 Å². The Morgan fingerprint density at radius 2 is 1.29 bits per heavy atom. The zero-order chi connectivity index (χ0) is 35.2. The maximum absolute atomic E-state index is 6.98. The van der Waals surface area contributed by atoms with E-state index >= 15 is 0 Å². The van der Waals surface area contributed by atoms with Crippen molar-refractivity contribution in [3.05, 3.63) is 126 Å². The predicted molar refractivity (Wildman–Crippen MR) is 211 cm³/mol. The van der Waals surface area contributed by atoms with Crippen LogP contribution in [-0.2, 0) is 5.41 Å². The van der Waals surface area contributed by atoms with E-state index in [1.54, 1.807) is 0 Å². The minimum Gasteiger partial charge on any atom is -0.455 e. The van der Waals surface area contributed by atoms with Gasteiger partial charge in [-0.3, -0.25) is 4.57 Å². The van der Waals surface area contributed by atoms with Gasteiger partial charge >= 0.3 is 0 Å². The molecule has 0 N–H and O–H groups in total. The van der Waals surface area contributed by atoms with E-state index in [9.17, 15) is 0 Å². The van der Waals surface area contributed by atoms with Crippen LogP contribution in [0.15, 0.2) is 118 Å². The number of furan rings is 1. The second-order valence-electron chi connectivity index (χ2n) is 15.5. The van der Waals surface area contributed by atoms with Crippen molar-refractivity contribution in [3.63, 3.8) is 0 Å². The average Bonchev–Trinajstić information content (AvgIpc) is 3.83. The van der Waals surface area contributed by atoms with Crippen LogP contribution in [0, 0.1) is 0 Å². The van der Waals surface area contributed by atoms with Gasteiger partial charge in [-0.1, -0.05) is 109 Å². The number of oxazole rings is 1. The molecular weight excluding hydrogens is 627 g/mol. The van der Waals surface area contributed by atoms with Crippen molar-refractivity contribution in [1.82, 2.24) is 14.5 Å². The van der Waals surface area contributed by atoms with Crippen LogP contribution in [0.4, 0.5) is 0 Å². The van der Waals surface area contributed by atoms with Gasteiger partial charge in [-0.2, -0.15) is 0 Å². The summed E-state index contributed by atoms with van der Waals surface area (Å²) in [7, 11) is 0. The number of hydrogen-bond acceptors (Lipinski definition) is 4. The molecule has 5 heteroatoms. The number of hydrogen-bond donors (Lipinski definition) is 0. The first-order valence-electron chi connectivity index (χ1n) is 18.0. The minimum absolute atomic E-state index is 0.188. The van der Waals surface area contributed by atoms with E-state index < -0.39 is 0 Å². The Morgan fingerprint density at radius 3 is 2.02 bits per heavy atom. The van der Waals surface area contributed by atoms with Gasteiger partial charge in [0.15, 0.2) is 5.58 Å². The first-order valence-corrected chi connectivity index (χ1v) is 18.0. The topological polar surface area (TPSA) is 57.0 Å². The van der Waals surface area contributed by atoms with Crippen LogP contribution >= 0.6 is 0 Å². The van der Waals surface area contributed by atoms with Gasteiger partial charge in [0.2, 0.25) is 5.89 Å². The normalized spacial score (nSPS) is 12.6. The summed E-state index contributed by atoms with van der Waals surface area (Å²) in [6.07, 6.45) is 0. The molecular formula is C46H41N3O2. The maximum atomic E-state index is 6.98. The van der Waals surface area contributed by atoms with Gasteiger partial charge in [-0.15, -0.1) is 0 Å². The van der Waals surface area contributed by atoms with Crippen molar-refractivity contribution in [2.45, 2.75) is 65.7 Å². The molecule has 0 amide bonds. The fraction of sp³-hybridized carbons (Fsp3) is 0.217. The van der Waals surface area contributed by atoms with Gasteiger partial charge in [0.1, 0.15) is 22.5 Å². The Kier molecular flexibility index (Phi) is 7.01. The largest absolute Gasteiger partial charge is 0.455 e. The van der Waals surface area contributed by atoms with Crippen LogP contribution in [0.2, 0.25) is 0 Å². The SMILES string of the molecule is CC(C)c1cc(-c2ccccc2)cc(C(C)C)c1-n1c(-c2cccc3c2oc2c4cc5nc(C(C)(C)C)oc5cc4ccc32)nc2ccccc21. The van der Waals surface area contributed by atoms with Crippen molar-refractivity contribution in [2.75, 3.05) is 0 Å². The van der Waals surface area contributed by atoms with Gasteiger partial charge < -0.3 is 8.83 Å². The first-order chi connectivity index (χ1) is 24.6. The summed E-state index contributed by atoms with van der Waals surface area (Å²) in [5.74, 6) is 2.15. The van der Waals surface area contributed by atoms with E-state index in [2.05, 4.69) is 162 Å². The Hall–Kier alpha value is -5.68. The number of nitrogens with zero attached hydrogens (tertiary/aromatic N) is 3. The van der Waals surface area contributed by atoms with E-state index in [1.165, 1.54) is 27.9 Å². The number of imidazole rings is 1. The third kappa shape index (κ3) is 4.97. The quantitative estimate of drug-likeness (QED) is 0.183. The number of aromatic nitrogens is 3. The molecule has 9 aromatic rings. The summed E-state index contributed by atoms with van der Waals surface area (Å²) in [6, 6.07) is 38.9. The summed E-state index contributed by atoms with van der Waals surface area (Å²) < 4.78 is 15.6. The lowest BCUT2D eigenvalue weighted by atomic mass is 9.88. The predicted octanol–water partition coefficient (Wildman–Crippen LogP) is 13.1. The maximum Gasteiger partial charge on any atom is 0.200 e. The Bertz CT molecular complexity index is 2760. The highest BCUT2D eigenvalue weighted by Gasteiger charge is 2.26. The second kappa shape index (κ2) is 11.4. The molecule has 0 saturated carbocycles. The summed E-state index contributed by atoms with van der Waals surface area (Å²) in [5.41, 5.74) is 12.3. The molecule has 0 bridgehead atoms. The van der Waals surface area contributed by atoms with Gasteiger partial charge in [0.25, 0.3) is 0 Å². The van der Waals surface area contributed by atoms with Gasteiger partial charge in [0.05, 0.1) is 22.3 Å². The van der Waals surface area contributed by atoms with Gasteiger partial charge in [0, 0.05) is 21.6 Å². The summed E-state index contributed by atoms with van der Waals surface area (Å²) in [4.78, 5) is 10.2. The average molecular weight is 668 g/mol. The van der Waals surface area contributed by atoms with Crippen LogP contribution in [0.1, 0.15) is 77.3 Å². The van der Waals surface area contributed by atoms with E-state index in [-0.39, 0.29) is 17.3 Å². The molecule has 0 aliphatic rings. The zero-order valence-corrected chi connectivity index (χ0v) is 30.2. The van der Waals surface area contributed by atoms with Crippen molar-refractivity contribution >= 4 is 54.8 Å². The van der Waals surface area contributed by atoms with Crippen LogP contribution in [0.25, 0.3) is 83.0 Å². The smallest absolute Gasteiger partial charge is 0.200 e. The van der Waals surface area contributed by atoms with E-state index in [1.807, 2.05) is 0 Å². The van der Waals surface area contributed by atoms with Gasteiger partial charge in [-0.25, -0.2) is 9.97 Å². The number of para-hydroxylation sites is 3. The highest BCUT2D eigenvalue weighted by atomic mass is 16.4. The Labute approximate surface area is 297 Å². The molecule has 0 aliphatic carbocycles. The number of benzene rings is 6. The van der Waals surface area contributed by atoms with Crippen LogP contribution < -0.4 is 0 Å². The molecule has 0 unspecified atom stereocenters. The molecule has 0 radical (unpaired) electrons. The second-order valence-corrected chi connectivity index (χ2v) is 15.5. The molecule has 9 rings (SSSR count). The third-order valence-corrected chi connectivity index (χ3v) is 10.2. The molecule has 6 aromatic carbocycles. The molecule has 0 saturated heterocycles. The molecule has 3 heterocycles. The summed E-state index contributed by atoms with van der Waals surface area (Å²) >= 11 is 0. The minimum atomic E-state index is -0.188. The van der Waals surface area contributed by atoms with E-state index in [0.717, 1.165) is 72.1 Å². The Morgan fingerprint density at radius 1 is 0.588 bits per heavy atom. The van der Waals surface area contributed by atoms with Crippen molar-refractivity contribution in [2.24, 2.45) is 0 Å². The third-order valence-electron chi connectivity index (χ3n) is 10.2. The number of rotatable bonds is 5. The fourth-order valence-corrected chi connectivity index (χ4v) is 7.55. The molecule has 0 spiro atoms. The lowest BCUT2D eigenvalue weighted by molar-refractivity contribution is 0.411. The molecule has 51 heavy (non-hydrogen) atoms. The zero-order valence-electron chi connectivity index (χ0n) is 30.2. The molecule has 252 valence electrons. The highest BCUT2D eigenvalue weighted by Crippen LogP contribution is 2.44. The van der Waals surface area contributed by atoms with Gasteiger partial charge in [-0.05, 0) is 88.0 Å². The molecule has 3 aromatic heterocycles. The van der Waals surface area contributed by atoms with E-state index in [4.69, 9.17) is 18.8 Å².